The topological polar surface area (TPSA) is 161 Å². The number of rotatable bonds is 18. The normalized spacial score (nSPS) is 19.0. The van der Waals surface area contributed by atoms with Gasteiger partial charge in [0.25, 0.3) is 0 Å². The summed E-state index contributed by atoms with van der Waals surface area (Å²) < 4.78 is 11.6. The van der Waals surface area contributed by atoms with Crippen LogP contribution in [0.3, 0.4) is 0 Å². The average Bonchev–Trinajstić information content (AvgIpc) is 3.70. The summed E-state index contributed by atoms with van der Waals surface area (Å²) in [5.41, 5.74) is 7.54. The van der Waals surface area contributed by atoms with Gasteiger partial charge in [0.1, 0.15) is 30.0 Å². The lowest BCUT2D eigenvalue weighted by Gasteiger charge is -2.44. The molecular weight excluding hydrogens is 881 g/mol. The highest BCUT2D eigenvalue weighted by atomic mass is 32.2. The molecule has 350 valence electrons. The van der Waals surface area contributed by atoms with Crippen molar-refractivity contribution in [1.82, 2.24) is 25.9 Å². The smallest absolute Gasteiger partial charge is 0.408 e. The quantitative estimate of drug-likeness (QED) is 0.0669. The van der Waals surface area contributed by atoms with E-state index in [1.807, 2.05) is 85.1 Å². The van der Waals surface area contributed by atoms with Crippen LogP contribution < -0.4 is 26.0 Å². The summed E-state index contributed by atoms with van der Waals surface area (Å²) in [5.74, 6) is 3.11. The van der Waals surface area contributed by atoms with Crippen LogP contribution in [-0.4, -0.2) is 69.5 Å². The molecule has 0 radical (unpaired) electrons. The fourth-order valence-corrected chi connectivity index (χ4v) is 11.7. The van der Waals surface area contributed by atoms with Crippen molar-refractivity contribution in [3.63, 3.8) is 0 Å². The Labute approximate surface area is 402 Å². The number of nitrogens with zero attached hydrogens (tertiary/aromatic N) is 2. The Bertz CT molecular complexity index is 2490. The number of benzene rings is 4. The Hall–Kier alpha value is -5.86. The highest BCUT2D eigenvalue weighted by molar-refractivity contribution is 7.98. The molecule has 5 aromatic rings. The zero-order valence-electron chi connectivity index (χ0n) is 38.4. The van der Waals surface area contributed by atoms with Crippen molar-refractivity contribution in [1.29, 1.82) is 0 Å². The van der Waals surface area contributed by atoms with E-state index in [9.17, 15) is 19.2 Å². The third-order valence-electron chi connectivity index (χ3n) is 12.7. The van der Waals surface area contributed by atoms with Crippen molar-refractivity contribution >= 4 is 53.3 Å². The molecule has 0 saturated heterocycles. The molecule has 6 atom stereocenters. The molecule has 1 fully saturated rings. The van der Waals surface area contributed by atoms with Crippen molar-refractivity contribution in [2.24, 2.45) is 11.8 Å². The van der Waals surface area contributed by atoms with Gasteiger partial charge in [-0.2, -0.15) is 23.5 Å². The largest absolute Gasteiger partial charge is 0.489 e. The van der Waals surface area contributed by atoms with Gasteiger partial charge in [-0.3, -0.25) is 19.7 Å². The van der Waals surface area contributed by atoms with Crippen molar-refractivity contribution in [2.75, 3.05) is 23.4 Å². The number of aromatic nitrogens is 2. The van der Waals surface area contributed by atoms with Crippen LogP contribution >= 0.6 is 23.5 Å². The standard InChI is InChI=1S/C53H60N6O6S2/c1-53(2,3)65-52(63)57-45(32-66-30-35-15-9-5-10-16-35)49(61)54-28-47(60)56-46(33-67-31-36-17-11-6-12-18-36)50(62)59-51-55-27-38-26-44-42-21-19-37-25-39(64-29-34-13-7-4-8-14-34)20-22-40(37)41(42)23-24-43(44)48(38)58-51/h4-18,20,22,25,27,41-46H,19,21,23-24,26,28-33H2,1-3H3,(H,54,61)(H,56,60)(H,57,63)(H,55,58,59,62). The average molecular weight is 941 g/mol. The molecular formula is C53H60N6O6S2. The highest BCUT2D eigenvalue weighted by Gasteiger charge is 2.47. The van der Waals surface area contributed by atoms with Gasteiger partial charge >= 0.3 is 6.09 Å². The van der Waals surface area contributed by atoms with E-state index in [0.29, 0.717) is 35.9 Å². The van der Waals surface area contributed by atoms with Gasteiger partial charge in [-0.1, -0.05) is 97.1 Å². The SMILES string of the molecule is CC(C)(C)OC(=O)NC(CSCc1ccccc1)C(=O)NCC(=O)NC(CSCc1ccccc1)C(=O)Nc1ncc2c(n1)C1CCC3c4ccc(OCc5ccccc5)cc4CCC3C1C2. The van der Waals surface area contributed by atoms with Crippen LogP contribution in [0, 0.1) is 11.8 Å². The molecule has 6 unspecified atom stereocenters. The lowest BCUT2D eigenvalue weighted by atomic mass is 9.60. The van der Waals surface area contributed by atoms with Crippen molar-refractivity contribution < 1.29 is 28.7 Å². The Morgan fingerprint density at radius 1 is 0.716 bits per heavy atom. The number of hydrogen-bond acceptors (Lipinski definition) is 10. The molecule has 14 heteroatoms. The van der Waals surface area contributed by atoms with Gasteiger partial charge < -0.3 is 25.4 Å². The monoisotopic (exact) mass is 940 g/mol. The number of carbonyl (C=O) groups is 4. The molecule has 0 bridgehead atoms. The lowest BCUT2D eigenvalue weighted by molar-refractivity contribution is -0.128. The number of carbonyl (C=O) groups excluding carboxylic acids is 4. The van der Waals surface area contributed by atoms with E-state index < -0.39 is 48.0 Å². The summed E-state index contributed by atoms with van der Waals surface area (Å²) in [6.07, 6.45) is 6.26. The van der Waals surface area contributed by atoms with Gasteiger partial charge in [0.2, 0.25) is 23.7 Å². The number of anilines is 1. The minimum Gasteiger partial charge on any atom is -0.489 e. The Morgan fingerprint density at radius 2 is 1.34 bits per heavy atom. The first-order chi connectivity index (χ1) is 32.5. The second-order valence-corrected chi connectivity index (χ2v) is 20.7. The van der Waals surface area contributed by atoms with Crippen molar-refractivity contribution in [3.05, 3.63) is 154 Å². The van der Waals surface area contributed by atoms with Gasteiger partial charge in [0, 0.05) is 35.1 Å². The predicted molar refractivity (Wildman–Crippen MR) is 265 cm³/mol. The number of nitrogens with one attached hydrogen (secondary N) is 4. The lowest BCUT2D eigenvalue weighted by Crippen LogP contribution is -2.53. The molecule has 0 spiro atoms. The maximum atomic E-state index is 14.1. The molecule has 3 aliphatic carbocycles. The van der Waals surface area contributed by atoms with Crippen LogP contribution in [0.1, 0.15) is 90.9 Å². The van der Waals surface area contributed by atoms with E-state index in [2.05, 4.69) is 56.6 Å². The summed E-state index contributed by atoms with van der Waals surface area (Å²) in [6, 6.07) is 34.7. The summed E-state index contributed by atoms with van der Waals surface area (Å²) in [4.78, 5) is 63.4. The van der Waals surface area contributed by atoms with Crippen molar-refractivity contribution in [3.8, 4) is 5.75 Å². The molecule has 12 nitrogen and oxygen atoms in total. The van der Waals surface area contributed by atoms with E-state index in [4.69, 9.17) is 14.5 Å². The first kappa shape index (κ1) is 47.6. The Balaban J connectivity index is 0.889. The maximum Gasteiger partial charge on any atom is 0.408 e. The highest BCUT2D eigenvalue weighted by Crippen LogP contribution is 2.57. The molecule has 1 saturated carbocycles. The molecule has 4 amide bonds. The van der Waals surface area contributed by atoms with Gasteiger partial charge in [0.15, 0.2) is 0 Å². The van der Waals surface area contributed by atoms with Crippen LogP contribution in [-0.2, 0) is 50.1 Å². The second-order valence-electron chi connectivity index (χ2n) is 18.6. The molecule has 3 aliphatic rings. The van der Waals surface area contributed by atoms with E-state index in [0.717, 1.165) is 65.8 Å². The summed E-state index contributed by atoms with van der Waals surface area (Å²) >= 11 is 2.98. The summed E-state index contributed by atoms with van der Waals surface area (Å²) in [6.45, 7) is 5.37. The number of aryl methyl sites for hydroxylation is 1. The third kappa shape index (κ3) is 13.0. The number of hydrogen-bond donors (Lipinski definition) is 4. The molecule has 67 heavy (non-hydrogen) atoms. The van der Waals surface area contributed by atoms with Crippen LogP contribution in [0.25, 0.3) is 0 Å². The fourth-order valence-electron chi connectivity index (χ4n) is 9.63. The Morgan fingerprint density at radius 3 is 2.00 bits per heavy atom. The molecule has 4 aromatic carbocycles. The zero-order chi connectivity index (χ0) is 46.8. The van der Waals surface area contributed by atoms with Crippen molar-refractivity contribution in [2.45, 2.75) is 101 Å². The molecule has 4 N–H and O–H groups in total. The third-order valence-corrected chi connectivity index (χ3v) is 14.9. The van der Waals surface area contributed by atoms with E-state index in [1.54, 1.807) is 20.8 Å². The number of alkyl carbamates (subject to hydrolysis) is 1. The fraction of sp³-hybridized carbons (Fsp3) is 0.396. The van der Waals surface area contributed by atoms with Crippen LogP contribution in [0.4, 0.5) is 10.7 Å². The van der Waals surface area contributed by atoms with Crippen LogP contribution in [0.15, 0.2) is 115 Å². The maximum absolute atomic E-state index is 14.1. The zero-order valence-corrected chi connectivity index (χ0v) is 40.0. The minimum absolute atomic E-state index is 0.216. The van der Waals surface area contributed by atoms with E-state index in [-0.39, 0.29) is 23.4 Å². The molecule has 1 heterocycles. The number of thioether (sulfide) groups is 2. The van der Waals surface area contributed by atoms with E-state index >= 15 is 0 Å². The van der Waals surface area contributed by atoms with Crippen LogP contribution in [0.2, 0.25) is 0 Å². The summed E-state index contributed by atoms with van der Waals surface area (Å²) in [5, 5.41) is 11.1. The van der Waals surface area contributed by atoms with Gasteiger partial charge in [-0.05, 0) is 116 Å². The molecule has 1 aromatic heterocycles. The number of fused-ring (bicyclic) bond motifs is 7. The van der Waals surface area contributed by atoms with Crippen LogP contribution in [0.5, 0.6) is 5.75 Å². The molecule has 0 aliphatic heterocycles. The van der Waals surface area contributed by atoms with Gasteiger partial charge in [-0.15, -0.1) is 0 Å². The minimum atomic E-state index is -0.976. The number of amides is 4. The number of ether oxygens (including phenoxy) is 2. The van der Waals surface area contributed by atoms with Gasteiger partial charge in [-0.25, -0.2) is 14.8 Å². The predicted octanol–water partition coefficient (Wildman–Crippen LogP) is 8.75. The van der Waals surface area contributed by atoms with E-state index in [1.165, 1.54) is 34.7 Å². The first-order valence-corrected chi connectivity index (χ1v) is 25.5. The molecule has 8 rings (SSSR count). The second kappa shape index (κ2) is 22.3. The van der Waals surface area contributed by atoms with Gasteiger partial charge in [0.05, 0.1) is 12.2 Å². The Kier molecular flexibility index (Phi) is 15.8. The first-order valence-electron chi connectivity index (χ1n) is 23.2. The summed E-state index contributed by atoms with van der Waals surface area (Å²) in [7, 11) is 0.